The van der Waals surface area contributed by atoms with E-state index in [-0.39, 0.29) is 11.9 Å². The van der Waals surface area contributed by atoms with Gasteiger partial charge in [0.05, 0.1) is 0 Å². The lowest BCUT2D eigenvalue weighted by molar-refractivity contribution is 0.102. The number of aryl methyl sites for hydroxylation is 1. The number of pyridine rings is 1. The Morgan fingerprint density at radius 1 is 1.20 bits per heavy atom. The van der Waals surface area contributed by atoms with Crippen LogP contribution >= 0.6 is 22.6 Å². The number of carbonyl (C=O) groups is 1. The maximum absolute atomic E-state index is 12.5. The maximum Gasteiger partial charge on any atom is 0.257 e. The third-order valence-electron chi connectivity index (χ3n) is 3.82. The normalized spacial score (nSPS) is 10.9. The second-order valence-electron chi connectivity index (χ2n) is 5.95. The Hall–Kier alpha value is -2.29. The smallest absolute Gasteiger partial charge is 0.257 e. The summed E-state index contributed by atoms with van der Waals surface area (Å²) < 4.78 is 2.90. The van der Waals surface area contributed by atoms with Crippen molar-refractivity contribution in [2.75, 3.05) is 5.32 Å². The highest BCUT2D eigenvalue weighted by molar-refractivity contribution is 14.1. The van der Waals surface area contributed by atoms with Crippen molar-refractivity contribution >= 4 is 34.3 Å². The molecule has 0 saturated heterocycles. The summed E-state index contributed by atoms with van der Waals surface area (Å²) in [5.74, 6) is 0.997. The van der Waals surface area contributed by atoms with Crippen molar-refractivity contribution in [1.82, 2.24) is 19.7 Å². The van der Waals surface area contributed by atoms with Gasteiger partial charge in [-0.1, -0.05) is 18.2 Å². The first kappa shape index (κ1) is 17.5. The fourth-order valence-electron chi connectivity index (χ4n) is 2.47. The highest BCUT2D eigenvalue weighted by Crippen LogP contribution is 2.25. The van der Waals surface area contributed by atoms with Crippen molar-refractivity contribution < 1.29 is 4.79 Å². The molecule has 1 N–H and O–H groups in total. The lowest BCUT2D eigenvalue weighted by atomic mass is 10.1. The van der Waals surface area contributed by atoms with Gasteiger partial charge in [0.2, 0.25) is 0 Å². The highest BCUT2D eigenvalue weighted by Gasteiger charge is 2.16. The van der Waals surface area contributed by atoms with E-state index in [1.807, 2.05) is 35.8 Å². The molecule has 0 atom stereocenters. The van der Waals surface area contributed by atoms with Gasteiger partial charge in [0.15, 0.2) is 5.82 Å². The molecule has 0 aliphatic heterocycles. The van der Waals surface area contributed by atoms with E-state index in [1.54, 1.807) is 18.5 Å². The number of nitrogens with zero attached hydrogens (tertiary/aromatic N) is 4. The molecule has 3 aromatic rings. The number of carbonyl (C=O) groups excluding carboxylic acids is 1. The molecule has 0 aliphatic carbocycles. The molecule has 128 valence electrons. The van der Waals surface area contributed by atoms with Gasteiger partial charge in [0, 0.05) is 15.2 Å². The molecule has 0 radical (unpaired) electrons. The van der Waals surface area contributed by atoms with Gasteiger partial charge in [0.1, 0.15) is 17.8 Å². The van der Waals surface area contributed by atoms with Gasteiger partial charge in [-0.2, -0.15) is 0 Å². The van der Waals surface area contributed by atoms with Crippen LogP contribution in [-0.2, 0) is 0 Å². The minimum Gasteiger partial charge on any atom is -0.310 e. The van der Waals surface area contributed by atoms with Gasteiger partial charge in [0.25, 0.3) is 5.91 Å². The molecule has 0 aliphatic rings. The Kier molecular flexibility index (Phi) is 5.12. The lowest BCUT2D eigenvalue weighted by Crippen LogP contribution is -2.15. The van der Waals surface area contributed by atoms with E-state index in [0.29, 0.717) is 22.9 Å². The fraction of sp³-hybridized carbons (Fsp3) is 0.222. The maximum atomic E-state index is 12.5. The summed E-state index contributed by atoms with van der Waals surface area (Å²) in [5, 5.41) is 11.1. The Balaban J connectivity index is 1.93. The van der Waals surface area contributed by atoms with Crippen LogP contribution in [0.2, 0.25) is 0 Å². The minimum atomic E-state index is -0.178. The predicted molar refractivity (Wildman–Crippen MR) is 105 cm³/mol. The van der Waals surface area contributed by atoms with Crippen LogP contribution in [0.1, 0.15) is 35.8 Å². The van der Waals surface area contributed by atoms with Crippen molar-refractivity contribution in [2.24, 2.45) is 0 Å². The summed E-state index contributed by atoms with van der Waals surface area (Å²) in [6, 6.07) is 11.4. The van der Waals surface area contributed by atoms with Gasteiger partial charge < -0.3 is 9.88 Å². The second-order valence-corrected chi connectivity index (χ2v) is 7.11. The van der Waals surface area contributed by atoms with E-state index < -0.39 is 0 Å². The molecule has 0 fully saturated rings. The van der Waals surface area contributed by atoms with Crippen molar-refractivity contribution in [3.63, 3.8) is 0 Å². The van der Waals surface area contributed by atoms with Crippen molar-refractivity contribution in [3.8, 4) is 11.5 Å². The van der Waals surface area contributed by atoms with Crippen LogP contribution in [-0.4, -0.2) is 25.7 Å². The van der Waals surface area contributed by atoms with Crippen LogP contribution in [0.5, 0.6) is 0 Å². The van der Waals surface area contributed by atoms with E-state index in [2.05, 4.69) is 56.9 Å². The molecule has 2 heterocycles. The summed E-state index contributed by atoms with van der Waals surface area (Å²) >= 11 is 2.21. The second kappa shape index (κ2) is 7.30. The Bertz CT molecular complexity index is 919. The first-order valence-corrected chi connectivity index (χ1v) is 8.98. The molecule has 25 heavy (non-hydrogen) atoms. The molecule has 7 heteroatoms. The van der Waals surface area contributed by atoms with Crippen LogP contribution in [0, 0.1) is 10.5 Å². The van der Waals surface area contributed by atoms with Crippen LogP contribution < -0.4 is 5.32 Å². The van der Waals surface area contributed by atoms with E-state index in [4.69, 9.17) is 0 Å². The molecular formula is C18H18IN5O. The van der Waals surface area contributed by atoms with E-state index in [0.717, 1.165) is 9.13 Å². The van der Waals surface area contributed by atoms with E-state index in [9.17, 15) is 4.79 Å². The molecule has 0 spiro atoms. The average molecular weight is 447 g/mol. The number of nitrogens with one attached hydrogen (secondary N) is 1. The van der Waals surface area contributed by atoms with Crippen LogP contribution in [0.15, 0.2) is 42.7 Å². The number of aromatic nitrogens is 4. The topological polar surface area (TPSA) is 72.7 Å². The molecular weight excluding hydrogens is 429 g/mol. The van der Waals surface area contributed by atoms with Crippen molar-refractivity contribution in [2.45, 2.75) is 26.8 Å². The Morgan fingerprint density at radius 2 is 1.96 bits per heavy atom. The molecule has 1 aromatic carbocycles. The number of benzene rings is 1. The lowest BCUT2D eigenvalue weighted by Gasteiger charge is -2.12. The SMILES string of the molecule is Cc1ccccc1C(=O)Nc1ccc(I)c(-c2nncn2C(C)C)n1. The number of rotatable bonds is 4. The predicted octanol–water partition coefficient (Wildman–Crippen LogP) is 4.09. The number of hydrogen-bond acceptors (Lipinski definition) is 4. The zero-order chi connectivity index (χ0) is 18.0. The average Bonchev–Trinajstić information content (AvgIpc) is 3.06. The van der Waals surface area contributed by atoms with Gasteiger partial charge in [-0.3, -0.25) is 4.79 Å². The van der Waals surface area contributed by atoms with E-state index in [1.165, 1.54) is 0 Å². The first-order valence-electron chi connectivity index (χ1n) is 7.90. The van der Waals surface area contributed by atoms with Crippen LogP contribution in [0.25, 0.3) is 11.5 Å². The Labute approximate surface area is 159 Å². The minimum absolute atomic E-state index is 0.178. The third-order valence-corrected chi connectivity index (χ3v) is 4.69. The zero-order valence-electron chi connectivity index (χ0n) is 14.2. The van der Waals surface area contributed by atoms with Crippen LogP contribution in [0.3, 0.4) is 0 Å². The monoisotopic (exact) mass is 447 g/mol. The van der Waals surface area contributed by atoms with Crippen molar-refractivity contribution in [1.29, 1.82) is 0 Å². The Morgan fingerprint density at radius 3 is 2.68 bits per heavy atom. The summed E-state index contributed by atoms with van der Waals surface area (Å²) in [4.78, 5) is 17.1. The molecule has 1 amide bonds. The number of hydrogen-bond donors (Lipinski definition) is 1. The first-order chi connectivity index (χ1) is 12.0. The van der Waals surface area contributed by atoms with Gasteiger partial charge in [-0.25, -0.2) is 4.98 Å². The molecule has 6 nitrogen and oxygen atoms in total. The van der Waals surface area contributed by atoms with E-state index >= 15 is 0 Å². The largest absolute Gasteiger partial charge is 0.310 e. The number of amides is 1. The zero-order valence-corrected chi connectivity index (χ0v) is 16.4. The summed E-state index contributed by atoms with van der Waals surface area (Å²) in [6.07, 6.45) is 1.69. The number of anilines is 1. The molecule has 0 unspecified atom stereocenters. The summed E-state index contributed by atoms with van der Waals surface area (Å²) in [7, 11) is 0. The number of halogens is 1. The molecule has 3 rings (SSSR count). The third kappa shape index (κ3) is 3.71. The highest BCUT2D eigenvalue weighted by atomic mass is 127. The standard InChI is InChI=1S/C18H18IN5O/c1-11(2)24-10-20-23-17(24)16-14(19)8-9-15(21-16)22-18(25)13-7-5-4-6-12(13)3/h4-11H,1-3H3,(H,21,22,25). The van der Waals surface area contributed by atoms with Gasteiger partial charge in [-0.15, -0.1) is 10.2 Å². The van der Waals surface area contributed by atoms with Crippen LogP contribution in [0.4, 0.5) is 5.82 Å². The summed E-state index contributed by atoms with van der Waals surface area (Å²) in [6.45, 7) is 6.03. The summed E-state index contributed by atoms with van der Waals surface area (Å²) in [5.41, 5.74) is 2.26. The molecule has 2 aromatic heterocycles. The quantitative estimate of drug-likeness (QED) is 0.612. The van der Waals surface area contributed by atoms with Crippen molar-refractivity contribution in [3.05, 3.63) is 57.4 Å². The van der Waals surface area contributed by atoms with Gasteiger partial charge >= 0.3 is 0 Å². The van der Waals surface area contributed by atoms with Gasteiger partial charge in [-0.05, 0) is 67.1 Å². The fourth-order valence-corrected chi connectivity index (χ4v) is 3.01. The molecule has 0 bridgehead atoms. The molecule has 0 saturated carbocycles.